The minimum absolute atomic E-state index is 0.257. The topological polar surface area (TPSA) is 33.1 Å². The van der Waals surface area contributed by atoms with Gasteiger partial charge in [0.2, 0.25) is 0 Å². The Morgan fingerprint density at radius 1 is 1.38 bits per heavy atom. The fraction of sp³-hybridized carbons (Fsp3) is 0.400. The Labute approximate surface area is 122 Å². The molecule has 3 rings (SSSR count). The first-order chi connectivity index (χ1) is 10.1. The van der Waals surface area contributed by atoms with Gasteiger partial charge in [-0.2, -0.15) is 5.10 Å². The zero-order valence-electron chi connectivity index (χ0n) is 11.9. The zero-order valence-corrected chi connectivity index (χ0v) is 11.9. The third-order valence-corrected chi connectivity index (χ3v) is 3.87. The fourth-order valence-corrected chi connectivity index (χ4v) is 2.65. The van der Waals surface area contributed by atoms with E-state index < -0.39 is 11.6 Å². The Hall–Kier alpha value is -1.79. The molecule has 6 heteroatoms. The molecule has 1 atom stereocenters. The molecule has 2 heterocycles. The van der Waals surface area contributed by atoms with Gasteiger partial charge >= 0.3 is 0 Å². The summed E-state index contributed by atoms with van der Waals surface area (Å²) < 4.78 is 28.1. The number of hydrogen-bond donors (Lipinski definition) is 1. The second-order valence-corrected chi connectivity index (χ2v) is 5.41. The molecule has 0 radical (unpaired) electrons. The minimum Gasteiger partial charge on any atom is -0.315 e. The van der Waals surface area contributed by atoms with Crippen LogP contribution in [0.3, 0.4) is 0 Å². The van der Waals surface area contributed by atoms with E-state index in [-0.39, 0.29) is 5.69 Å². The third-order valence-electron chi connectivity index (χ3n) is 3.87. The molecule has 1 N–H and O–H groups in total. The number of rotatable bonds is 4. The Kier molecular flexibility index (Phi) is 3.98. The minimum atomic E-state index is -0.613. The van der Waals surface area contributed by atoms with Crippen molar-refractivity contribution in [3.63, 3.8) is 0 Å². The van der Waals surface area contributed by atoms with Crippen LogP contribution in [0, 0.1) is 11.6 Å². The maximum Gasteiger partial charge on any atom is 0.151 e. The number of nitrogens with zero attached hydrogens (tertiary/aromatic N) is 3. The maximum absolute atomic E-state index is 13.7. The molecular weight excluding hydrogens is 274 g/mol. The van der Waals surface area contributed by atoms with Crippen LogP contribution in [0.25, 0.3) is 5.69 Å². The van der Waals surface area contributed by atoms with Crippen molar-refractivity contribution in [2.45, 2.75) is 19.0 Å². The molecule has 1 aromatic carbocycles. The lowest BCUT2D eigenvalue weighted by Crippen LogP contribution is -2.33. The summed E-state index contributed by atoms with van der Waals surface area (Å²) in [7, 11) is 2.06. The first-order valence-corrected chi connectivity index (χ1v) is 7.04. The van der Waals surface area contributed by atoms with Crippen LogP contribution in [-0.2, 0) is 6.54 Å². The number of likely N-dealkylation sites (N-methyl/N-ethyl adjacent to an activating group) is 1. The van der Waals surface area contributed by atoms with Crippen LogP contribution in [-0.4, -0.2) is 40.9 Å². The predicted octanol–water partition coefficient (Wildman–Crippen LogP) is 1.94. The van der Waals surface area contributed by atoms with Crippen molar-refractivity contribution < 1.29 is 8.78 Å². The van der Waals surface area contributed by atoms with Crippen molar-refractivity contribution in [1.29, 1.82) is 0 Å². The molecule has 0 spiro atoms. The van der Waals surface area contributed by atoms with Crippen LogP contribution in [0.1, 0.15) is 12.1 Å². The number of aromatic nitrogens is 2. The lowest BCUT2D eigenvalue weighted by atomic mass is 10.2. The Morgan fingerprint density at radius 3 is 2.95 bits per heavy atom. The molecule has 21 heavy (non-hydrogen) atoms. The molecule has 0 amide bonds. The molecule has 1 unspecified atom stereocenters. The van der Waals surface area contributed by atoms with E-state index in [1.807, 2.05) is 6.07 Å². The highest BCUT2D eigenvalue weighted by molar-refractivity contribution is 5.33. The molecular formula is C15H18F2N4. The molecule has 1 aromatic heterocycles. The Morgan fingerprint density at radius 2 is 2.24 bits per heavy atom. The van der Waals surface area contributed by atoms with Gasteiger partial charge in [-0.1, -0.05) is 0 Å². The fourth-order valence-electron chi connectivity index (χ4n) is 2.65. The second kappa shape index (κ2) is 5.91. The molecule has 1 aliphatic rings. The van der Waals surface area contributed by atoms with Crippen LogP contribution in [0.2, 0.25) is 0 Å². The third kappa shape index (κ3) is 3.11. The van der Waals surface area contributed by atoms with Crippen molar-refractivity contribution in [2.24, 2.45) is 0 Å². The molecule has 0 bridgehead atoms. The zero-order chi connectivity index (χ0) is 14.8. The summed E-state index contributed by atoms with van der Waals surface area (Å²) in [5.41, 5.74) is 1.13. The Balaban J connectivity index is 1.73. The van der Waals surface area contributed by atoms with E-state index in [1.165, 1.54) is 16.8 Å². The van der Waals surface area contributed by atoms with E-state index in [1.54, 1.807) is 6.20 Å². The van der Waals surface area contributed by atoms with Crippen LogP contribution in [0.5, 0.6) is 0 Å². The highest BCUT2D eigenvalue weighted by Crippen LogP contribution is 2.15. The number of hydrogen-bond acceptors (Lipinski definition) is 3. The van der Waals surface area contributed by atoms with Crippen molar-refractivity contribution in [3.8, 4) is 5.69 Å². The van der Waals surface area contributed by atoms with E-state index in [4.69, 9.17) is 0 Å². The van der Waals surface area contributed by atoms with Crippen LogP contribution in [0.15, 0.2) is 30.5 Å². The Bertz CT molecular complexity index is 620. The van der Waals surface area contributed by atoms with Gasteiger partial charge in [0.25, 0.3) is 0 Å². The molecule has 0 aliphatic carbocycles. The van der Waals surface area contributed by atoms with Gasteiger partial charge in [-0.3, -0.25) is 4.90 Å². The van der Waals surface area contributed by atoms with Gasteiger partial charge in [-0.05, 0) is 38.2 Å². The van der Waals surface area contributed by atoms with Crippen LogP contribution >= 0.6 is 0 Å². The summed E-state index contributed by atoms with van der Waals surface area (Å²) in [5, 5.41) is 7.70. The molecule has 112 valence electrons. The van der Waals surface area contributed by atoms with E-state index in [9.17, 15) is 8.78 Å². The second-order valence-electron chi connectivity index (χ2n) is 5.41. The monoisotopic (exact) mass is 292 g/mol. The van der Waals surface area contributed by atoms with Gasteiger partial charge in [0, 0.05) is 31.4 Å². The van der Waals surface area contributed by atoms with E-state index >= 15 is 0 Å². The summed E-state index contributed by atoms with van der Waals surface area (Å²) in [6, 6.07) is 5.87. The molecule has 2 aromatic rings. The standard InChI is InChI=1S/C15H18F2N4/c1-20(13-4-6-18-9-13)10-12-5-7-21(19-12)15-3-2-11(16)8-14(15)17/h2-3,5,7-8,13,18H,4,6,9-10H2,1H3. The number of nitrogens with one attached hydrogen (secondary N) is 1. The summed E-state index contributed by atoms with van der Waals surface area (Å²) in [6.45, 7) is 2.75. The lowest BCUT2D eigenvalue weighted by molar-refractivity contribution is 0.245. The molecule has 0 saturated carbocycles. The predicted molar refractivity (Wildman–Crippen MR) is 76.2 cm³/mol. The SMILES string of the molecule is CN(Cc1ccn(-c2ccc(F)cc2F)n1)C1CCNC1. The largest absolute Gasteiger partial charge is 0.315 e. The van der Waals surface area contributed by atoms with Gasteiger partial charge in [-0.25, -0.2) is 13.5 Å². The average Bonchev–Trinajstić information content (AvgIpc) is 3.09. The van der Waals surface area contributed by atoms with Crippen molar-refractivity contribution in [3.05, 3.63) is 47.8 Å². The normalized spacial score (nSPS) is 18.6. The summed E-state index contributed by atoms with van der Waals surface area (Å²) in [5.74, 6) is -1.20. The number of halogens is 2. The van der Waals surface area contributed by atoms with Crippen LogP contribution in [0.4, 0.5) is 8.78 Å². The lowest BCUT2D eigenvalue weighted by Gasteiger charge is -2.22. The first-order valence-electron chi connectivity index (χ1n) is 7.04. The first kappa shape index (κ1) is 14.2. The van der Waals surface area contributed by atoms with Crippen molar-refractivity contribution in [1.82, 2.24) is 20.0 Å². The van der Waals surface area contributed by atoms with E-state index in [0.717, 1.165) is 31.3 Å². The molecule has 1 aliphatic heterocycles. The van der Waals surface area contributed by atoms with Gasteiger partial charge < -0.3 is 5.32 Å². The van der Waals surface area contributed by atoms with Gasteiger partial charge in [0.05, 0.1) is 5.69 Å². The average molecular weight is 292 g/mol. The number of benzene rings is 1. The van der Waals surface area contributed by atoms with Gasteiger partial charge in [-0.15, -0.1) is 0 Å². The molecule has 4 nitrogen and oxygen atoms in total. The highest BCUT2D eigenvalue weighted by atomic mass is 19.1. The smallest absolute Gasteiger partial charge is 0.151 e. The summed E-state index contributed by atoms with van der Waals surface area (Å²) >= 11 is 0. The van der Waals surface area contributed by atoms with Crippen molar-refractivity contribution >= 4 is 0 Å². The molecule has 1 saturated heterocycles. The van der Waals surface area contributed by atoms with Crippen molar-refractivity contribution in [2.75, 3.05) is 20.1 Å². The quantitative estimate of drug-likeness (QED) is 0.935. The van der Waals surface area contributed by atoms with Gasteiger partial charge in [0.1, 0.15) is 11.5 Å². The maximum atomic E-state index is 13.7. The van der Waals surface area contributed by atoms with E-state index in [2.05, 4.69) is 22.4 Å². The summed E-state index contributed by atoms with van der Waals surface area (Å²) in [4.78, 5) is 2.24. The molecule has 1 fully saturated rings. The van der Waals surface area contributed by atoms with E-state index in [0.29, 0.717) is 12.6 Å². The summed E-state index contributed by atoms with van der Waals surface area (Å²) in [6.07, 6.45) is 2.83. The highest BCUT2D eigenvalue weighted by Gasteiger charge is 2.19. The van der Waals surface area contributed by atoms with Crippen LogP contribution < -0.4 is 5.32 Å². The van der Waals surface area contributed by atoms with Gasteiger partial charge in [0.15, 0.2) is 5.82 Å².